The SMILES string of the molecule is NC(CCC1CCCC1)c1c(F)cc(Br)cc1F. The minimum atomic E-state index is -0.555. The van der Waals surface area contributed by atoms with Crippen molar-refractivity contribution in [3.05, 3.63) is 33.8 Å². The zero-order valence-corrected chi connectivity index (χ0v) is 11.8. The van der Waals surface area contributed by atoms with Crippen LogP contribution in [0.5, 0.6) is 0 Å². The largest absolute Gasteiger partial charge is 0.324 e. The molecular weight excluding hydrogens is 300 g/mol. The summed E-state index contributed by atoms with van der Waals surface area (Å²) in [7, 11) is 0. The van der Waals surface area contributed by atoms with E-state index >= 15 is 0 Å². The Hall–Kier alpha value is -0.480. The maximum atomic E-state index is 13.7. The van der Waals surface area contributed by atoms with Gasteiger partial charge in [0.1, 0.15) is 11.6 Å². The van der Waals surface area contributed by atoms with E-state index in [1.54, 1.807) is 0 Å². The molecule has 0 aliphatic heterocycles. The Balaban J connectivity index is 2.01. The fourth-order valence-electron chi connectivity index (χ4n) is 2.77. The van der Waals surface area contributed by atoms with Crippen LogP contribution in [0.25, 0.3) is 0 Å². The van der Waals surface area contributed by atoms with Crippen molar-refractivity contribution in [1.29, 1.82) is 0 Å². The third-order valence-electron chi connectivity index (χ3n) is 3.78. The van der Waals surface area contributed by atoms with Gasteiger partial charge in [-0.3, -0.25) is 0 Å². The molecule has 1 aliphatic rings. The van der Waals surface area contributed by atoms with Crippen molar-refractivity contribution < 1.29 is 8.78 Å². The van der Waals surface area contributed by atoms with Crippen LogP contribution in [-0.2, 0) is 0 Å². The Morgan fingerprint density at radius 2 is 1.78 bits per heavy atom. The van der Waals surface area contributed by atoms with E-state index in [9.17, 15) is 8.78 Å². The second-order valence-corrected chi connectivity index (χ2v) is 6.03. The molecule has 1 atom stereocenters. The summed E-state index contributed by atoms with van der Waals surface area (Å²) in [5, 5.41) is 0. The predicted octanol–water partition coefficient (Wildman–Crippen LogP) is 4.70. The average molecular weight is 318 g/mol. The first-order chi connectivity index (χ1) is 8.58. The summed E-state index contributed by atoms with van der Waals surface area (Å²) in [6.45, 7) is 0. The molecule has 1 unspecified atom stereocenters. The topological polar surface area (TPSA) is 26.0 Å². The molecule has 1 aliphatic carbocycles. The molecule has 2 rings (SSSR count). The van der Waals surface area contributed by atoms with Crippen molar-refractivity contribution in [2.45, 2.75) is 44.6 Å². The molecule has 1 nitrogen and oxygen atoms in total. The van der Waals surface area contributed by atoms with Gasteiger partial charge in [-0.05, 0) is 30.9 Å². The van der Waals surface area contributed by atoms with Crippen LogP contribution in [0.4, 0.5) is 8.78 Å². The lowest BCUT2D eigenvalue weighted by atomic mass is 9.95. The van der Waals surface area contributed by atoms with Gasteiger partial charge in [0.05, 0.1) is 0 Å². The van der Waals surface area contributed by atoms with E-state index < -0.39 is 17.7 Å². The van der Waals surface area contributed by atoms with Crippen LogP contribution in [0.3, 0.4) is 0 Å². The smallest absolute Gasteiger partial charge is 0.132 e. The van der Waals surface area contributed by atoms with E-state index in [1.807, 2.05) is 0 Å². The summed E-state index contributed by atoms with van der Waals surface area (Å²) >= 11 is 3.07. The predicted molar refractivity (Wildman–Crippen MR) is 72.2 cm³/mol. The zero-order valence-electron chi connectivity index (χ0n) is 10.3. The van der Waals surface area contributed by atoms with Gasteiger partial charge in [-0.15, -0.1) is 0 Å². The zero-order chi connectivity index (χ0) is 13.1. The lowest BCUT2D eigenvalue weighted by Gasteiger charge is -2.16. The molecular formula is C14H18BrF2N. The first-order valence-electron chi connectivity index (χ1n) is 6.48. The summed E-state index contributed by atoms with van der Waals surface area (Å²) in [6, 6.07) is 2.00. The molecule has 1 saturated carbocycles. The molecule has 18 heavy (non-hydrogen) atoms. The van der Waals surface area contributed by atoms with E-state index in [0.29, 0.717) is 16.8 Å². The molecule has 0 saturated heterocycles. The van der Waals surface area contributed by atoms with Gasteiger partial charge in [-0.2, -0.15) is 0 Å². The highest BCUT2D eigenvalue weighted by molar-refractivity contribution is 9.10. The van der Waals surface area contributed by atoms with Crippen LogP contribution in [-0.4, -0.2) is 0 Å². The Morgan fingerprint density at radius 3 is 2.33 bits per heavy atom. The Kier molecular flexibility index (Phi) is 4.73. The Labute approximate surface area is 115 Å². The van der Waals surface area contributed by atoms with E-state index in [4.69, 9.17) is 5.73 Å². The summed E-state index contributed by atoms with van der Waals surface area (Å²) < 4.78 is 27.8. The summed E-state index contributed by atoms with van der Waals surface area (Å²) in [5.41, 5.74) is 5.95. The fourth-order valence-corrected chi connectivity index (χ4v) is 3.17. The molecule has 1 fully saturated rings. The van der Waals surface area contributed by atoms with Crippen molar-refractivity contribution in [1.82, 2.24) is 0 Å². The first kappa shape index (κ1) is 13.9. The lowest BCUT2D eigenvalue weighted by Crippen LogP contribution is -2.15. The molecule has 0 radical (unpaired) electrons. The van der Waals surface area contributed by atoms with Crippen molar-refractivity contribution in [2.75, 3.05) is 0 Å². The Morgan fingerprint density at radius 1 is 1.22 bits per heavy atom. The number of halogens is 3. The highest BCUT2D eigenvalue weighted by Gasteiger charge is 2.20. The second-order valence-electron chi connectivity index (χ2n) is 5.12. The van der Waals surface area contributed by atoms with Crippen molar-refractivity contribution >= 4 is 15.9 Å². The van der Waals surface area contributed by atoms with E-state index in [0.717, 1.165) is 6.42 Å². The van der Waals surface area contributed by atoms with Gasteiger partial charge >= 0.3 is 0 Å². The number of benzene rings is 1. The van der Waals surface area contributed by atoms with Gasteiger partial charge in [0.15, 0.2) is 0 Å². The maximum absolute atomic E-state index is 13.7. The van der Waals surface area contributed by atoms with Crippen LogP contribution in [0.15, 0.2) is 16.6 Å². The molecule has 0 aromatic heterocycles. The quantitative estimate of drug-likeness (QED) is 0.856. The van der Waals surface area contributed by atoms with Gasteiger partial charge in [0.2, 0.25) is 0 Å². The fraction of sp³-hybridized carbons (Fsp3) is 0.571. The van der Waals surface area contributed by atoms with Gasteiger partial charge in [0.25, 0.3) is 0 Å². The van der Waals surface area contributed by atoms with Crippen LogP contribution in [0.1, 0.15) is 50.1 Å². The highest BCUT2D eigenvalue weighted by Crippen LogP contribution is 2.32. The third kappa shape index (κ3) is 3.29. The Bertz CT molecular complexity index is 393. The number of rotatable bonds is 4. The first-order valence-corrected chi connectivity index (χ1v) is 7.27. The molecule has 0 heterocycles. The molecule has 0 amide bonds. The summed E-state index contributed by atoms with van der Waals surface area (Å²) in [5.74, 6) is -0.417. The minimum Gasteiger partial charge on any atom is -0.324 e. The molecule has 1 aromatic rings. The van der Waals surface area contributed by atoms with Crippen molar-refractivity contribution in [3.63, 3.8) is 0 Å². The number of hydrogen-bond donors (Lipinski definition) is 1. The van der Waals surface area contributed by atoms with Gasteiger partial charge in [-0.1, -0.05) is 41.6 Å². The maximum Gasteiger partial charge on any atom is 0.132 e. The van der Waals surface area contributed by atoms with Crippen LogP contribution in [0, 0.1) is 17.6 Å². The molecule has 100 valence electrons. The standard InChI is InChI=1S/C14H18BrF2N/c15-10-7-11(16)14(12(17)8-10)13(18)6-5-9-3-1-2-4-9/h7-9,13H,1-6,18H2. The summed E-state index contributed by atoms with van der Waals surface area (Å²) in [6.07, 6.45) is 6.65. The molecule has 1 aromatic carbocycles. The van der Waals surface area contributed by atoms with E-state index in [-0.39, 0.29) is 5.56 Å². The minimum absolute atomic E-state index is 0.0243. The average Bonchev–Trinajstić information content (AvgIpc) is 2.77. The normalized spacial score (nSPS) is 18.2. The molecule has 4 heteroatoms. The molecule has 0 spiro atoms. The summed E-state index contributed by atoms with van der Waals surface area (Å²) in [4.78, 5) is 0. The molecule has 0 bridgehead atoms. The van der Waals surface area contributed by atoms with Gasteiger partial charge in [-0.25, -0.2) is 8.78 Å². The van der Waals surface area contributed by atoms with Crippen molar-refractivity contribution in [2.24, 2.45) is 11.7 Å². The number of hydrogen-bond acceptors (Lipinski definition) is 1. The van der Waals surface area contributed by atoms with Gasteiger partial charge in [0, 0.05) is 16.1 Å². The lowest BCUT2D eigenvalue weighted by molar-refractivity contribution is 0.435. The van der Waals surface area contributed by atoms with Crippen LogP contribution >= 0.6 is 15.9 Å². The van der Waals surface area contributed by atoms with Crippen LogP contribution < -0.4 is 5.73 Å². The van der Waals surface area contributed by atoms with E-state index in [1.165, 1.54) is 37.8 Å². The second kappa shape index (κ2) is 6.11. The van der Waals surface area contributed by atoms with Gasteiger partial charge < -0.3 is 5.73 Å². The third-order valence-corrected chi connectivity index (χ3v) is 4.23. The van der Waals surface area contributed by atoms with Crippen LogP contribution in [0.2, 0.25) is 0 Å². The monoisotopic (exact) mass is 317 g/mol. The number of nitrogens with two attached hydrogens (primary N) is 1. The molecule has 2 N–H and O–H groups in total. The van der Waals surface area contributed by atoms with E-state index in [2.05, 4.69) is 15.9 Å². The highest BCUT2D eigenvalue weighted by atomic mass is 79.9. The van der Waals surface area contributed by atoms with Crippen molar-refractivity contribution in [3.8, 4) is 0 Å².